The summed E-state index contributed by atoms with van der Waals surface area (Å²) in [4.78, 5) is 0. The number of aliphatic hydroxyl groups is 1. The van der Waals surface area contributed by atoms with Gasteiger partial charge in [0, 0.05) is 6.07 Å². The first kappa shape index (κ1) is 14.7. The van der Waals surface area contributed by atoms with E-state index in [9.17, 15) is 13.9 Å². The highest BCUT2D eigenvalue weighted by molar-refractivity contribution is 5.23. The van der Waals surface area contributed by atoms with Crippen LogP contribution in [0.4, 0.5) is 8.78 Å². The number of aryl methyl sites for hydroxylation is 1. The molecule has 0 fully saturated rings. The van der Waals surface area contributed by atoms with Crippen LogP contribution in [0.25, 0.3) is 0 Å². The molecule has 1 unspecified atom stereocenters. The molecule has 2 aromatic rings. The van der Waals surface area contributed by atoms with Crippen molar-refractivity contribution in [2.24, 2.45) is 0 Å². The van der Waals surface area contributed by atoms with E-state index in [1.54, 1.807) is 6.92 Å². The molecule has 0 aliphatic heterocycles. The van der Waals surface area contributed by atoms with Crippen LogP contribution in [0, 0.1) is 11.6 Å². The summed E-state index contributed by atoms with van der Waals surface area (Å²) in [5, 5.41) is 10.4. The molecule has 0 aliphatic carbocycles. The van der Waals surface area contributed by atoms with Gasteiger partial charge in [0.25, 0.3) is 0 Å². The number of halogens is 2. The van der Waals surface area contributed by atoms with E-state index in [4.69, 9.17) is 0 Å². The molecule has 1 nitrogen and oxygen atoms in total. The van der Waals surface area contributed by atoms with Crippen LogP contribution in [0.2, 0.25) is 0 Å². The molecule has 3 heteroatoms. The molecule has 0 radical (unpaired) electrons. The Morgan fingerprint density at radius 1 is 1.00 bits per heavy atom. The van der Waals surface area contributed by atoms with E-state index >= 15 is 0 Å². The summed E-state index contributed by atoms with van der Waals surface area (Å²) < 4.78 is 26.4. The Hall–Kier alpha value is -1.74. The molecule has 106 valence electrons. The maximum atomic E-state index is 13.2. The summed E-state index contributed by atoms with van der Waals surface area (Å²) in [5.74, 6) is -1.33. The first-order valence-corrected chi connectivity index (χ1v) is 6.70. The van der Waals surface area contributed by atoms with E-state index in [1.807, 2.05) is 30.3 Å². The molecule has 2 rings (SSSR count). The van der Waals surface area contributed by atoms with Gasteiger partial charge in [0.2, 0.25) is 0 Å². The first-order chi connectivity index (χ1) is 9.47. The highest BCUT2D eigenvalue weighted by atomic mass is 19.1. The minimum Gasteiger partial charge on any atom is -0.385 e. The van der Waals surface area contributed by atoms with Crippen molar-refractivity contribution in [2.45, 2.75) is 31.8 Å². The molecular weight excluding hydrogens is 258 g/mol. The average molecular weight is 276 g/mol. The van der Waals surface area contributed by atoms with Gasteiger partial charge in [-0.2, -0.15) is 0 Å². The van der Waals surface area contributed by atoms with E-state index in [0.717, 1.165) is 18.9 Å². The zero-order valence-corrected chi connectivity index (χ0v) is 11.4. The van der Waals surface area contributed by atoms with Crippen molar-refractivity contribution < 1.29 is 13.9 Å². The Morgan fingerprint density at radius 3 is 2.20 bits per heavy atom. The molecule has 20 heavy (non-hydrogen) atoms. The molecule has 0 amide bonds. The molecular formula is C17H18F2O. The largest absolute Gasteiger partial charge is 0.385 e. The standard InChI is InChI=1S/C17H18F2O/c1-17(20,14-10-15(18)12-16(19)11-14)9-5-8-13-6-3-2-4-7-13/h2-4,6-7,10-12,20H,5,8-9H2,1H3. The fraction of sp³-hybridized carbons (Fsp3) is 0.294. The van der Waals surface area contributed by atoms with Gasteiger partial charge in [-0.05, 0) is 49.4 Å². The van der Waals surface area contributed by atoms with Crippen molar-refractivity contribution in [3.05, 3.63) is 71.3 Å². The Balaban J connectivity index is 2.00. The third kappa shape index (κ3) is 3.87. The van der Waals surface area contributed by atoms with Gasteiger partial charge in [0.15, 0.2) is 0 Å². The van der Waals surface area contributed by atoms with Crippen LogP contribution in [-0.4, -0.2) is 5.11 Å². The van der Waals surface area contributed by atoms with Crippen LogP contribution in [-0.2, 0) is 12.0 Å². The number of hydrogen-bond acceptors (Lipinski definition) is 1. The Labute approximate surface area is 117 Å². The lowest BCUT2D eigenvalue weighted by atomic mass is 9.89. The molecule has 2 aromatic carbocycles. The van der Waals surface area contributed by atoms with Gasteiger partial charge in [-0.1, -0.05) is 30.3 Å². The van der Waals surface area contributed by atoms with Crippen molar-refractivity contribution in [2.75, 3.05) is 0 Å². The van der Waals surface area contributed by atoms with Gasteiger partial charge in [0.1, 0.15) is 11.6 Å². The summed E-state index contributed by atoms with van der Waals surface area (Å²) in [6.45, 7) is 1.59. The van der Waals surface area contributed by atoms with E-state index in [0.29, 0.717) is 6.42 Å². The molecule has 1 N–H and O–H groups in total. The maximum Gasteiger partial charge on any atom is 0.126 e. The highest BCUT2D eigenvalue weighted by Crippen LogP contribution is 2.28. The van der Waals surface area contributed by atoms with Gasteiger partial charge < -0.3 is 5.11 Å². The summed E-state index contributed by atoms with van der Waals surface area (Å²) in [6.07, 6.45) is 2.02. The fourth-order valence-electron chi connectivity index (χ4n) is 2.29. The van der Waals surface area contributed by atoms with Crippen molar-refractivity contribution in [1.82, 2.24) is 0 Å². The third-order valence-corrected chi connectivity index (χ3v) is 3.46. The van der Waals surface area contributed by atoms with E-state index < -0.39 is 17.2 Å². The van der Waals surface area contributed by atoms with Crippen molar-refractivity contribution in [3.8, 4) is 0 Å². The quantitative estimate of drug-likeness (QED) is 0.868. The summed E-state index contributed by atoms with van der Waals surface area (Å²) >= 11 is 0. The predicted molar refractivity (Wildman–Crippen MR) is 75.3 cm³/mol. The maximum absolute atomic E-state index is 13.2. The van der Waals surface area contributed by atoms with Crippen LogP contribution in [0.5, 0.6) is 0 Å². The molecule has 1 atom stereocenters. The SMILES string of the molecule is CC(O)(CCCc1ccccc1)c1cc(F)cc(F)c1. The topological polar surface area (TPSA) is 20.2 Å². The fourth-order valence-corrected chi connectivity index (χ4v) is 2.29. The third-order valence-electron chi connectivity index (χ3n) is 3.46. The molecule has 0 bridgehead atoms. The van der Waals surface area contributed by atoms with Gasteiger partial charge in [-0.25, -0.2) is 8.78 Å². The van der Waals surface area contributed by atoms with E-state index in [-0.39, 0.29) is 5.56 Å². The van der Waals surface area contributed by atoms with E-state index in [1.165, 1.54) is 17.7 Å². The van der Waals surface area contributed by atoms with Crippen LogP contribution >= 0.6 is 0 Å². The van der Waals surface area contributed by atoms with Crippen molar-refractivity contribution >= 4 is 0 Å². The van der Waals surface area contributed by atoms with E-state index in [2.05, 4.69) is 0 Å². The monoisotopic (exact) mass is 276 g/mol. The Bertz CT molecular complexity index is 544. The summed E-state index contributed by atoms with van der Waals surface area (Å²) in [6, 6.07) is 13.1. The lowest BCUT2D eigenvalue weighted by Crippen LogP contribution is -2.21. The minimum atomic E-state index is -1.22. The number of rotatable bonds is 5. The second-order valence-corrected chi connectivity index (χ2v) is 5.27. The van der Waals surface area contributed by atoms with Gasteiger partial charge in [-0.3, -0.25) is 0 Å². The second kappa shape index (κ2) is 6.14. The van der Waals surface area contributed by atoms with Gasteiger partial charge in [0.05, 0.1) is 5.60 Å². The van der Waals surface area contributed by atoms with Crippen LogP contribution in [0.3, 0.4) is 0 Å². The normalized spacial score (nSPS) is 14.0. The Morgan fingerprint density at radius 2 is 1.60 bits per heavy atom. The van der Waals surface area contributed by atoms with Gasteiger partial charge >= 0.3 is 0 Å². The van der Waals surface area contributed by atoms with Crippen LogP contribution in [0.15, 0.2) is 48.5 Å². The molecule has 0 heterocycles. The first-order valence-electron chi connectivity index (χ1n) is 6.70. The average Bonchev–Trinajstić information content (AvgIpc) is 2.38. The molecule has 0 spiro atoms. The van der Waals surface area contributed by atoms with Crippen LogP contribution in [0.1, 0.15) is 30.9 Å². The summed E-state index contributed by atoms with van der Waals surface area (Å²) in [5.41, 5.74) is 0.245. The zero-order chi connectivity index (χ0) is 14.6. The molecule has 0 saturated carbocycles. The summed E-state index contributed by atoms with van der Waals surface area (Å²) in [7, 11) is 0. The van der Waals surface area contributed by atoms with Crippen molar-refractivity contribution in [3.63, 3.8) is 0 Å². The lowest BCUT2D eigenvalue weighted by Gasteiger charge is -2.24. The predicted octanol–water partition coefficient (Wildman–Crippen LogP) is 4.20. The Kier molecular flexibility index (Phi) is 4.50. The second-order valence-electron chi connectivity index (χ2n) is 5.27. The van der Waals surface area contributed by atoms with Crippen molar-refractivity contribution in [1.29, 1.82) is 0 Å². The minimum absolute atomic E-state index is 0.281. The highest BCUT2D eigenvalue weighted by Gasteiger charge is 2.23. The number of benzene rings is 2. The zero-order valence-electron chi connectivity index (χ0n) is 11.4. The smallest absolute Gasteiger partial charge is 0.126 e. The van der Waals surface area contributed by atoms with Gasteiger partial charge in [-0.15, -0.1) is 0 Å². The van der Waals surface area contributed by atoms with Crippen LogP contribution < -0.4 is 0 Å². The number of hydrogen-bond donors (Lipinski definition) is 1. The molecule has 0 saturated heterocycles. The molecule has 0 aromatic heterocycles. The molecule has 0 aliphatic rings. The lowest BCUT2D eigenvalue weighted by molar-refractivity contribution is 0.0450.